The maximum atomic E-state index is 13.8. The van der Waals surface area contributed by atoms with Crippen LogP contribution in [0.1, 0.15) is 57.2 Å². The summed E-state index contributed by atoms with van der Waals surface area (Å²) in [4.78, 5) is 36.6. The van der Waals surface area contributed by atoms with Crippen molar-refractivity contribution in [3.8, 4) is 11.1 Å². The Labute approximate surface area is 240 Å². The van der Waals surface area contributed by atoms with E-state index in [1.807, 2.05) is 76.2 Å². The number of pyridine rings is 1. The summed E-state index contributed by atoms with van der Waals surface area (Å²) < 4.78 is 5.35. The molecule has 4 N–H and O–H groups in total. The molecule has 1 aromatic heterocycles. The summed E-state index contributed by atoms with van der Waals surface area (Å²) in [5.41, 5.74) is 11.6. The molecule has 0 saturated carbocycles. The number of carbonyl (C=O) groups excluding carboxylic acids is 2. The van der Waals surface area contributed by atoms with E-state index in [1.54, 1.807) is 23.4 Å². The fraction of sp³-hybridized carbons (Fsp3) is 0.312. The van der Waals surface area contributed by atoms with Crippen LogP contribution in [0.2, 0.25) is 0 Å². The van der Waals surface area contributed by atoms with Crippen molar-refractivity contribution in [1.82, 2.24) is 9.88 Å². The van der Waals surface area contributed by atoms with Gasteiger partial charge >= 0.3 is 6.09 Å². The molecule has 9 heteroatoms. The Morgan fingerprint density at radius 2 is 1.88 bits per heavy atom. The molecule has 0 radical (unpaired) electrons. The summed E-state index contributed by atoms with van der Waals surface area (Å²) in [6.07, 6.45) is 5.68. The van der Waals surface area contributed by atoms with Gasteiger partial charge in [0.1, 0.15) is 11.4 Å². The van der Waals surface area contributed by atoms with Crippen LogP contribution in [-0.4, -0.2) is 45.0 Å². The third-order valence-electron chi connectivity index (χ3n) is 6.31. The highest BCUT2D eigenvalue weighted by atomic mass is 16.6. The van der Waals surface area contributed by atoms with Crippen LogP contribution in [0, 0.1) is 0 Å². The van der Waals surface area contributed by atoms with E-state index in [-0.39, 0.29) is 18.9 Å². The van der Waals surface area contributed by atoms with E-state index in [1.165, 1.54) is 0 Å². The molecule has 1 aliphatic rings. The highest BCUT2D eigenvalue weighted by Crippen LogP contribution is 2.32. The fourth-order valence-corrected chi connectivity index (χ4v) is 4.55. The second-order valence-corrected chi connectivity index (χ2v) is 11.0. The van der Waals surface area contributed by atoms with E-state index < -0.39 is 11.7 Å². The van der Waals surface area contributed by atoms with Crippen LogP contribution in [0.4, 0.5) is 16.2 Å². The number of hydrogen-bond donors (Lipinski definition) is 3. The highest BCUT2D eigenvalue weighted by Gasteiger charge is 2.22. The first kappa shape index (κ1) is 29.5. The third kappa shape index (κ3) is 8.02. The molecule has 2 aromatic carbocycles. The van der Waals surface area contributed by atoms with Crippen molar-refractivity contribution in [2.45, 2.75) is 59.3 Å². The second kappa shape index (κ2) is 12.8. The Bertz CT molecular complexity index is 1490. The van der Waals surface area contributed by atoms with Crippen molar-refractivity contribution in [3.63, 3.8) is 0 Å². The minimum Gasteiger partial charge on any atom is -0.444 e. The van der Waals surface area contributed by atoms with Gasteiger partial charge < -0.3 is 20.5 Å². The highest BCUT2D eigenvalue weighted by molar-refractivity contribution is 6.05. The minimum absolute atomic E-state index is 0.0934. The first-order valence-corrected chi connectivity index (χ1v) is 13.7. The largest absolute Gasteiger partial charge is 0.444 e. The Morgan fingerprint density at radius 1 is 1.07 bits per heavy atom. The number of aliphatic hydroxyl groups excluding tert-OH is 1. The first-order chi connectivity index (χ1) is 19.5. The Kier molecular flexibility index (Phi) is 9.19. The predicted octanol–water partition coefficient (Wildman–Crippen LogP) is 5.80. The summed E-state index contributed by atoms with van der Waals surface area (Å²) in [6, 6.07) is 15.0. The summed E-state index contributed by atoms with van der Waals surface area (Å²) in [6.45, 7) is 8.27. The van der Waals surface area contributed by atoms with Crippen molar-refractivity contribution < 1.29 is 19.4 Å². The van der Waals surface area contributed by atoms with E-state index in [0.29, 0.717) is 35.9 Å². The lowest BCUT2D eigenvalue weighted by molar-refractivity contribution is -0.127. The molecule has 0 atom stereocenters. The van der Waals surface area contributed by atoms with Crippen molar-refractivity contribution in [2.75, 3.05) is 11.9 Å². The van der Waals surface area contributed by atoms with Gasteiger partial charge in [0, 0.05) is 54.3 Å². The Hall–Kier alpha value is -4.50. The maximum absolute atomic E-state index is 13.8. The number of amides is 2. The number of aliphatic imine (C=N–C) groups is 1. The van der Waals surface area contributed by atoms with Gasteiger partial charge in [-0.3, -0.25) is 15.1 Å². The molecule has 4 rings (SSSR count). The number of aromatic nitrogens is 1. The van der Waals surface area contributed by atoms with Crippen molar-refractivity contribution in [3.05, 3.63) is 83.2 Å². The molecule has 0 spiro atoms. The number of fused-ring (bicyclic) bond motifs is 1. The molecule has 1 aliphatic heterocycles. The first-order valence-electron chi connectivity index (χ1n) is 13.7. The maximum Gasteiger partial charge on any atom is 0.412 e. The van der Waals surface area contributed by atoms with E-state index >= 15 is 0 Å². The average molecular weight is 556 g/mol. The van der Waals surface area contributed by atoms with Crippen LogP contribution < -0.4 is 11.1 Å². The normalized spacial score (nSPS) is 12.9. The van der Waals surface area contributed by atoms with Crippen LogP contribution >= 0.6 is 0 Å². The average Bonchev–Trinajstić information content (AvgIpc) is 3.09. The number of nitrogens with one attached hydrogen (secondary N) is 1. The number of nitrogens with zero attached hydrogens (tertiary/aromatic N) is 3. The van der Waals surface area contributed by atoms with Crippen molar-refractivity contribution >= 4 is 35.3 Å². The Balaban J connectivity index is 1.56. The van der Waals surface area contributed by atoms with Gasteiger partial charge in [-0.15, -0.1) is 0 Å². The van der Waals surface area contributed by atoms with Gasteiger partial charge in [-0.05, 0) is 74.2 Å². The van der Waals surface area contributed by atoms with E-state index in [2.05, 4.69) is 15.3 Å². The fourth-order valence-electron chi connectivity index (χ4n) is 4.55. The van der Waals surface area contributed by atoms with E-state index in [0.717, 1.165) is 34.2 Å². The van der Waals surface area contributed by atoms with Gasteiger partial charge in [0.15, 0.2) is 0 Å². The van der Waals surface area contributed by atoms with Crippen molar-refractivity contribution in [2.24, 2.45) is 10.7 Å². The molecule has 9 nitrogen and oxygen atoms in total. The molecule has 0 unspecified atom stereocenters. The predicted molar refractivity (Wildman–Crippen MR) is 161 cm³/mol. The molecule has 214 valence electrons. The number of aliphatic hydroxyl groups is 1. The molecule has 2 heterocycles. The van der Waals surface area contributed by atoms with Crippen LogP contribution in [0.5, 0.6) is 0 Å². The molecule has 0 aliphatic carbocycles. The van der Waals surface area contributed by atoms with E-state index in [9.17, 15) is 14.7 Å². The molecule has 41 heavy (non-hydrogen) atoms. The lowest BCUT2D eigenvalue weighted by Gasteiger charge is -2.24. The molecule has 2 amide bonds. The van der Waals surface area contributed by atoms with Gasteiger partial charge in [-0.2, -0.15) is 0 Å². The monoisotopic (exact) mass is 555 g/mol. The van der Waals surface area contributed by atoms with Crippen LogP contribution in [0.25, 0.3) is 17.2 Å². The van der Waals surface area contributed by atoms with Gasteiger partial charge in [0.05, 0.1) is 12.3 Å². The number of rotatable bonds is 8. The zero-order chi connectivity index (χ0) is 29.6. The number of ether oxygens (including phenoxy) is 1. The van der Waals surface area contributed by atoms with Crippen LogP contribution in [0.15, 0.2) is 71.5 Å². The summed E-state index contributed by atoms with van der Waals surface area (Å²) in [7, 11) is 0. The molecule has 0 fully saturated rings. The number of hydrogen-bond acceptors (Lipinski definition) is 7. The molecular weight excluding hydrogens is 518 g/mol. The molecule has 3 aromatic rings. The van der Waals surface area contributed by atoms with Crippen LogP contribution in [0.3, 0.4) is 0 Å². The van der Waals surface area contributed by atoms with Crippen molar-refractivity contribution in [1.29, 1.82) is 0 Å². The quantitative estimate of drug-likeness (QED) is 0.322. The molecular formula is C32H37N5O4. The number of amidine groups is 1. The van der Waals surface area contributed by atoms with E-state index in [4.69, 9.17) is 10.5 Å². The Morgan fingerprint density at radius 3 is 2.61 bits per heavy atom. The summed E-state index contributed by atoms with van der Waals surface area (Å²) in [5, 5.41) is 12.2. The lowest BCUT2D eigenvalue weighted by Crippen LogP contribution is -2.33. The lowest BCUT2D eigenvalue weighted by atomic mass is 10.0. The molecule has 0 saturated heterocycles. The number of anilines is 1. The standard InChI is InChI=1S/C32H37N5O4/c1-5-11-37(19-21-7-6-8-27(13-21)35-31(40)41-32(2,3)4)30(39)25-14-24-10-9-23(15-28(24)36-29(33)16-25)26-12-22(20-38)17-34-18-26/h6-10,12-15,17-18,38H,5,11,16,19-20H2,1-4H3,(H2,33,36)(H,35,40). The summed E-state index contributed by atoms with van der Waals surface area (Å²) in [5.74, 6) is 0.231. The second-order valence-electron chi connectivity index (χ2n) is 11.0. The van der Waals surface area contributed by atoms with Gasteiger partial charge in [0.25, 0.3) is 5.91 Å². The number of benzene rings is 2. The smallest absolute Gasteiger partial charge is 0.412 e. The molecule has 0 bridgehead atoms. The topological polar surface area (TPSA) is 130 Å². The zero-order valence-electron chi connectivity index (χ0n) is 24.0. The SMILES string of the molecule is CCCN(Cc1cccc(NC(=O)OC(C)(C)C)c1)C(=O)C1=Cc2ccc(-c3cncc(CO)c3)cc2N=C(N)C1. The van der Waals surface area contributed by atoms with Crippen LogP contribution in [-0.2, 0) is 22.7 Å². The zero-order valence-corrected chi connectivity index (χ0v) is 24.0. The van der Waals surface area contributed by atoms with Gasteiger partial charge in [-0.1, -0.05) is 31.2 Å². The van der Waals surface area contributed by atoms with Gasteiger partial charge in [-0.25, -0.2) is 9.79 Å². The van der Waals surface area contributed by atoms with Gasteiger partial charge in [0.2, 0.25) is 0 Å². The number of carbonyl (C=O) groups is 2. The number of nitrogens with two attached hydrogens (primary N) is 1. The third-order valence-corrected chi connectivity index (χ3v) is 6.31. The summed E-state index contributed by atoms with van der Waals surface area (Å²) >= 11 is 0. The minimum atomic E-state index is -0.605.